The van der Waals surface area contributed by atoms with Gasteiger partial charge in [0.1, 0.15) is 6.61 Å². The number of carboxylic acids is 1. The molecular formula is C14H9BrCl2O3. The lowest BCUT2D eigenvalue weighted by Crippen LogP contribution is -2.01. The van der Waals surface area contributed by atoms with Gasteiger partial charge in [0.25, 0.3) is 0 Å². The smallest absolute Gasteiger partial charge is 0.335 e. The summed E-state index contributed by atoms with van der Waals surface area (Å²) in [6.07, 6.45) is 0. The predicted molar refractivity (Wildman–Crippen MR) is 81.9 cm³/mol. The average molecular weight is 376 g/mol. The highest BCUT2D eigenvalue weighted by molar-refractivity contribution is 9.10. The first-order chi connectivity index (χ1) is 9.49. The molecule has 0 heterocycles. The molecule has 0 atom stereocenters. The molecule has 104 valence electrons. The summed E-state index contributed by atoms with van der Waals surface area (Å²) in [6, 6.07) is 9.82. The largest absolute Gasteiger partial charge is 0.486 e. The molecule has 2 aromatic carbocycles. The average Bonchev–Trinajstić information content (AvgIpc) is 2.39. The van der Waals surface area contributed by atoms with Crippen LogP contribution in [0.3, 0.4) is 0 Å². The lowest BCUT2D eigenvalue weighted by Gasteiger charge is -2.11. The van der Waals surface area contributed by atoms with Crippen LogP contribution < -0.4 is 4.74 Å². The Morgan fingerprint density at radius 3 is 2.40 bits per heavy atom. The summed E-state index contributed by atoms with van der Waals surface area (Å²) in [5, 5.41) is 9.75. The van der Waals surface area contributed by atoms with E-state index in [1.165, 1.54) is 12.1 Å². The Labute approximate surface area is 134 Å². The van der Waals surface area contributed by atoms with Crippen LogP contribution in [0.25, 0.3) is 0 Å². The zero-order chi connectivity index (χ0) is 14.7. The van der Waals surface area contributed by atoms with E-state index < -0.39 is 5.97 Å². The first-order valence-corrected chi connectivity index (χ1v) is 7.12. The minimum absolute atomic E-state index is 0.205. The number of ether oxygens (including phenoxy) is 1. The minimum atomic E-state index is -0.979. The molecule has 20 heavy (non-hydrogen) atoms. The van der Waals surface area contributed by atoms with Gasteiger partial charge in [0.2, 0.25) is 0 Å². The number of hydrogen-bond acceptors (Lipinski definition) is 2. The van der Waals surface area contributed by atoms with Crippen LogP contribution in [0, 0.1) is 0 Å². The van der Waals surface area contributed by atoms with Crippen molar-refractivity contribution in [1.82, 2.24) is 0 Å². The number of para-hydroxylation sites is 1. The molecule has 0 fully saturated rings. The van der Waals surface area contributed by atoms with Crippen LogP contribution in [0.2, 0.25) is 10.0 Å². The van der Waals surface area contributed by atoms with E-state index in [9.17, 15) is 4.79 Å². The van der Waals surface area contributed by atoms with Gasteiger partial charge in [-0.1, -0.05) is 51.3 Å². The highest BCUT2D eigenvalue weighted by Gasteiger charge is 2.10. The van der Waals surface area contributed by atoms with Crippen LogP contribution in [0.5, 0.6) is 5.75 Å². The molecule has 0 unspecified atom stereocenters. The van der Waals surface area contributed by atoms with Crippen molar-refractivity contribution in [3.8, 4) is 5.75 Å². The maximum atomic E-state index is 10.8. The molecule has 2 aromatic rings. The number of carboxylic acid groups (broad SMARTS) is 1. The highest BCUT2D eigenvalue weighted by Crippen LogP contribution is 2.33. The van der Waals surface area contributed by atoms with E-state index >= 15 is 0 Å². The minimum Gasteiger partial charge on any atom is -0.486 e. The summed E-state index contributed by atoms with van der Waals surface area (Å²) in [5.41, 5.74) is 1.00. The summed E-state index contributed by atoms with van der Waals surface area (Å²) in [7, 11) is 0. The lowest BCUT2D eigenvalue weighted by molar-refractivity contribution is 0.0696. The maximum absolute atomic E-state index is 10.8. The van der Waals surface area contributed by atoms with E-state index in [0.717, 1.165) is 5.56 Å². The van der Waals surface area contributed by atoms with Gasteiger partial charge < -0.3 is 9.84 Å². The first kappa shape index (κ1) is 15.2. The normalized spacial score (nSPS) is 10.3. The monoisotopic (exact) mass is 374 g/mol. The van der Waals surface area contributed by atoms with E-state index in [1.54, 1.807) is 24.3 Å². The van der Waals surface area contributed by atoms with Crippen molar-refractivity contribution in [3.05, 3.63) is 62.0 Å². The Hall–Kier alpha value is -1.23. The van der Waals surface area contributed by atoms with Crippen LogP contribution in [-0.4, -0.2) is 11.1 Å². The molecule has 0 saturated carbocycles. The second-order valence-corrected chi connectivity index (χ2v) is 5.62. The quantitative estimate of drug-likeness (QED) is 0.814. The first-order valence-electron chi connectivity index (χ1n) is 5.57. The summed E-state index contributed by atoms with van der Waals surface area (Å²) < 4.78 is 6.25. The van der Waals surface area contributed by atoms with E-state index in [1.807, 2.05) is 0 Å². The molecular weight excluding hydrogens is 367 g/mol. The zero-order valence-corrected chi connectivity index (χ0v) is 13.2. The van der Waals surface area contributed by atoms with Gasteiger partial charge in [-0.15, -0.1) is 0 Å². The van der Waals surface area contributed by atoms with Crippen LogP contribution in [0.1, 0.15) is 15.9 Å². The maximum Gasteiger partial charge on any atom is 0.335 e. The highest BCUT2D eigenvalue weighted by atomic mass is 79.9. The van der Waals surface area contributed by atoms with E-state index in [2.05, 4.69) is 15.9 Å². The lowest BCUT2D eigenvalue weighted by atomic mass is 10.1. The molecule has 0 spiro atoms. The van der Waals surface area contributed by atoms with Gasteiger partial charge in [-0.05, 0) is 24.3 Å². The Bertz CT molecular complexity index is 639. The topological polar surface area (TPSA) is 46.5 Å². The van der Waals surface area contributed by atoms with Crippen LogP contribution in [0.15, 0.2) is 40.9 Å². The van der Waals surface area contributed by atoms with Gasteiger partial charge >= 0.3 is 5.97 Å². The number of carbonyl (C=O) groups is 1. The molecule has 0 aliphatic carbocycles. The third-order valence-corrected chi connectivity index (χ3v) is 3.92. The van der Waals surface area contributed by atoms with E-state index in [-0.39, 0.29) is 12.2 Å². The molecule has 0 aromatic heterocycles. The van der Waals surface area contributed by atoms with Crippen LogP contribution in [-0.2, 0) is 6.61 Å². The summed E-state index contributed by atoms with van der Waals surface area (Å²) in [4.78, 5) is 10.8. The molecule has 0 radical (unpaired) electrons. The van der Waals surface area contributed by atoms with Gasteiger partial charge in [-0.3, -0.25) is 0 Å². The Balaban J connectivity index is 2.17. The van der Waals surface area contributed by atoms with Crippen molar-refractivity contribution in [2.75, 3.05) is 0 Å². The van der Waals surface area contributed by atoms with Gasteiger partial charge in [0.15, 0.2) is 5.75 Å². The molecule has 0 aliphatic heterocycles. The van der Waals surface area contributed by atoms with Gasteiger partial charge in [0.05, 0.1) is 15.6 Å². The second-order valence-electron chi connectivity index (χ2n) is 3.95. The number of benzene rings is 2. The number of hydrogen-bond donors (Lipinski definition) is 1. The third-order valence-electron chi connectivity index (χ3n) is 2.59. The molecule has 0 bridgehead atoms. The molecule has 2 rings (SSSR count). The molecule has 1 N–H and O–H groups in total. The van der Waals surface area contributed by atoms with E-state index in [4.69, 9.17) is 33.0 Å². The van der Waals surface area contributed by atoms with Gasteiger partial charge in [-0.25, -0.2) is 4.79 Å². The number of aromatic carboxylic acids is 1. The van der Waals surface area contributed by atoms with Crippen LogP contribution >= 0.6 is 39.1 Å². The van der Waals surface area contributed by atoms with Crippen molar-refractivity contribution in [2.24, 2.45) is 0 Å². The summed E-state index contributed by atoms with van der Waals surface area (Å²) in [5.74, 6) is -0.572. The second kappa shape index (κ2) is 6.48. The molecule has 0 saturated heterocycles. The van der Waals surface area contributed by atoms with Crippen molar-refractivity contribution in [1.29, 1.82) is 0 Å². The SMILES string of the molecule is O=C(O)c1ccc(COc2c(Cl)cccc2Cl)c(Br)c1. The predicted octanol–water partition coefficient (Wildman–Crippen LogP) is 5.03. The molecule has 0 aliphatic rings. The van der Waals surface area contributed by atoms with Crippen molar-refractivity contribution in [3.63, 3.8) is 0 Å². The van der Waals surface area contributed by atoms with Crippen LogP contribution in [0.4, 0.5) is 0 Å². The number of rotatable bonds is 4. The third kappa shape index (κ3) is 3.45. The van der Waals surface area contributed by atoms with Crippen molar-refractivity contribution in [2.45, 2.75) is 6.61 Å². The molecule has 6 heteroatoms. The Morgan fingerprint density at radius 2 is 1.85 bits per heavy atom. The molecule has 3 nitrogen and oxygen atoms in total. The standard InChI is InChI=1S/C14H9BrCl2O3/c15-10-6-8(14(18)19)4-5-9(10)7-20-13-11(16)2-1-3-12(13)17/h1-6H,7H2,(H,18,19). The fraction of sp³-hybridized carbons (Fsp3) is 0.0714. The van der Waals surface area contributed by atoms with Crippen molar-refractivity contribution < 1.29 is 14.6 Å². The molecule has 0 amide bonds. The van der Waals surface area contributed by atoms with Gasteiger partial charge in [0, 0.05) is 10.0 Å². The fourth-order valence-electron chi connectivity index (χ4n) is 1.57. The number of halogens is 3. The summed E-state index contributed by atoms with van der Waals surface area (Å²) >= 11 is 15.3. The summed E-state index contributed by atoms with van der Waals surface area (Å²) in [6.45, 7) is 0.226. The fourth-order valence-corrected chi connectivity index (χ4v) is 2.57. The van der Waals surface area contributed by atoms with E-state index in [0.29, 0.717) is 20.3 Å². The van der Waals surface area contributed by atoms with Crippen molar-refractivity contribution >= 4 is 45.1 Å². The Morgan fingerprint density at radius 1 is 1.20 bits per heavy atom. The zero-order valence-electron chi connectivity index (χ0n) is 10.1. The van der Waals surface area contributed by atoms with Gasteiger partial charge in [-0.2, -0.15) is 0 Å². The Kier molecular flexibility index (Phi) is 4.91.